The second kappa shape index (κ2) is 6.19. The third-order valence-corrected chi connectivity index (χ3v) is 3.08. The van der Waals surface area contributed by atoms with Crippen LogP contribution in [0.15, 0.2) is 71.6 Å². The summed E-state index contributed by atoms with van der Waals surface area (Å²) in [7, 11) is 1.56. The van der Waals surface area contributed by atoms with Gasteiger partial charge in [0.05, 0.1) is 18.6 Å². The van der Waals surface area contributed by atoms with E-state index in [1.54, 1.807) is 19.3 Å². The molecule has 2 rings (SSSR count). The summed E-state index contributed by atoms with van der Waals surface area (Å²) in [6.45, 7) is 5.61. The van der Waals surface area contributed by atoms with E-state index in [4.69, 9.17) is 9.47 Å². The highest BCUT2D eigenvalue weighted by atomic mass is 16.5. The molecule has 2 aliphatic rings. The van der Waals surface area contributed by atoms with Crippen LogP contribution in [0.5, 0.6) is 0 Å². The number of ether oxygens (including phenoxy) is 2. The predicted molar refractivity (Wildman–Crippen MR) is 78.5 cm³/mol. The second-order valence-electron chi connectivity index (χ2n) is 4.38. The highest BCUT2D eigenvalue weighted by Gasteiger charge is 2.30. The topological polar surface area (TPSA) is 50.7 Å². The molecule has 0 amide bonds. The first-order valence-corrected chi connectivity index (χ1v) is 6.46. The molecule has 1 atom stereocenters. The molecule has 0 aromatic heterocycles. The van der Waals surface area contributed by atoms with Crippen LogP contribution in [0.3, 0.4) is 0 Å². The number of fused-ring (bicyclic) bond motifs is 1. The van der Waals surface area contributed by atoms with E-state index in [1.165, 1.54) is 0 Å². The highest BCUT2D eigenvalue weighted by Crippen LogP contribution is 2.31. The monoisotopic (exact) mass is 273 g/mol. The molecular formula is C16H19NO3. The van der Waals surface area contributed by atoms with Crippen LogP contribution >= 0.6 is 0 Å². The molecule has 0 aromatic carbocycles. The first-order valence-electron chi connectivity index (χ1n) is 6.46. The second-order valence-corrected chi connectivity index (χ2v) is 4.38. The van der Waals surface area contributed by atoms with Crippen molar-refractivity contribution in [3.63, 3.8) is 0 Å². The maximum absolute atomic E-state index is 9.67. The molecule has 2 N–H and O–H groups in total. The highest BCUT2D eigenvalue weighted by molar-refractivity contribution is 5.42. The molecule has 4 heteroatoms. The SMILES string of the molecule is C=C/C=C\C(=C/C)C1NC2=CCC(O)=CC(OC)=C2O1. The van der Waals surface area contributed by atoms with Gasteiger partial charge in [-0.2, -0.15) is 0 Å². The summed E-state index contributed by atoms with van der Waals surface area (Å²) in [4.78, 5) is 0. The van der Waals surface area contributed by atoms with Gasteiger partial charge in [-0.1, -0.05) is 30.9 Å². The van der Waals surface area contributed by atoms with E-state index in [2.05, 4.69) is 11.9 Å². The molecular weight excluding hydrogens is 254 g/mol. The van der Waals surface area contributed by atoms with E-state index in [-0.39, 0.29) is 12.0 Å². The molecule has 0 bridgehead atoms. The van der Waals surface area contributed by atoms with Crippen LogP contribution < -0.4 is 5.32 Å². The lowest BCUT2D eigenvalue weighted by atomic mass is 10.2. The molecule has 4 nitrogen and oxygen atoms in total. The first kappa shape index (κ1) is 14.1. The molecule has 1 fully saturated rings. The van der Waals surface area contributed by atoms with Gasteiger partial charge in [-0.05, 0) is 13.0 Å². The zero-order valence-electron chi connectivity index (χ0n) is 11.7. The van der Waals surface area contributed by atoms with Gasteiger partial charge in [-0.3, -0.25) is 0 Å². The Morgan fingerprint density at radius 2 is 2.40 bits per heavy atom. The molecule has 20 heavy (non-hydrogen) atoms. The predicted octanol–water partition coefficient (Wildman–Crippen LogP) is 3.21. The van der Waals surface area contributed by atoms with Crippen LogP contribution in [-0.2, 0) is 9.47 Å². The van der Waals surface area contributed by atoms with Crippen LogP contribution in [0.1, 0.15) is 13.3 Å². The zero-order valence-corrected chi connectivity index (χ0v) is 11.7. The fourth-order valence-corrected chi connectivity index (χ4v) is 2.06. The lowest BCUT2D eigenvalue weighted by molar-refractivity contribution is 0.162. The molecule has 1 saturated heterocycles. The minimum atomic E-state index is -0.267. The van der Waals surface area contributed by atoms with Crippen molar-refractivity contribution in [1.29, 1.82) is 0 Å². The molecule has 0 saturated carbocycles. The Morgan fingerprint density at radius 1 is 1.60 bits per heavy atom. The Bertz CT molecular complexity index is 550. The number of hydrogen-bond donors (Lipinski definition) is 2. The van der Waals surface area contributed by atoms with Gasteiger partial charge in [-0.15, -0.1) is 0 Å². The summed E-state index contributed by atoms with van der Waals surface area (Å²) in [6, 6.07) is 0. The zero-order chi connectivity index (χ0) is 14.5. The Morgan fingerprint density at radius 3 is 3.05 bits per heavy atom. The van der Waals surface area contributed by atoms with Crippen LogP contribution in [0.2, 0.25) is 0 Å². The smallest absolute Gasteiger partial charge is 0.196 e. The van der Waals surface area contributed by atoms with Crippen molar-refractivity contribution in [3.8, 4) is 0 Å². The number of methoxy groups -OCH3 is 1. The van der Waals surface area contributed by atoms with Gasteiger partial charge in [0.2, 0.25) is 0 Å². The maximum Gasteiger partial charge on any atom is 0.196 e. The fraction of sp³-hybridized carbons (Fsp3) is 0.250. The van der Waals surface area contributed by atoms with E-state index in [1.807, 2.05) is 31.2 Å². The van der Waals surface area contributed by atoms with Gasteiger partial charge in [0.15, 0.2) is 17.7 Å². The Kier molecular flexibility index (Phi) is 4.35. The molecule has 1 aliphatic carbocycles. The number of aliphatic hydroxyl groups is 1. The fourth-order valence-electron chi connectivity index (χ4n) is 2.06. The molecule has 106 valence electrons. The van der Waals surface area contributed by atoms with Gasteiger partial charge >= 0.3 is 0 Å². The van der Waals surface area contributed by atoms with Gasteiger partial charge in [0.25, 0.3) is 0 Å². The third kappa shape index (κ3) is 2.79. The lowest BCUT2D eigenvalue weighted by Gasteiger charge is -2.12. The Hall–Kier alpha value is -2.36. The largest absolute Gasteiger partial charge is 0.512 e. The minimum Gasteiger partial charge on any atom is -0.512 e. The van der Waals surface area contributed by atoms with Crippen molar-refractivity contribution >= 4 is 0 Å². The maximum atomic E-state index is 9.67. The molecule has 0 radical (unpaired) electrons. The van der Waals surface area contributed by atoms with E-state index in [0.717, 1.165) is 11.3 Å². The summed E-state index contributed by atoms with van der Waals surface area (Å²) in [5.74, 6) is 1.38. The van der Waals surface area contributed by atoms with E-state index < -0.39 is 0 Å². The van der Waals surface area contributed by atoms with Crippen molar-refractivity contribution in [1.82, 2.24) is 5.32 Å². The van der Waals surface area contributed by atoms with Gasteiger partial charge < -0.3 is 19.9 Å². The number of nitrogens with one attached hydrogen (secondary N) is 1. The van der Waals surface area contributed by atoms with Crippen molar-refractivity contribution in [2.75, 3.05) is 7.11 Å². The summed E-state index contributed by atoms with van der Waals surface area (Å²) in [5, 5.41) is 12.9. The summed E-state index contributed by atoms with van der Waals surface area (Å²) in [5.41, 5.74) is 1.83. The standard InChI is InChI=1S/C16H19NO3/c1-4-6-7-11(5-2)16-17-13-9-8-12(18)10-14(19-3)15(13)20-16/h4-7,9-10,16-18H,1,8H2,2-3H3/b7-6-,11-5+. The third-order valence-electron chi connectivity index (χ3n) is 3.08. The molecule has 0 aromatic rings. The quantitative estimate of drug-likeness (QED) is 0.772. The number of aliphatic hydroxyl groups excluding tert-OH is 1. The summed E-state index contributed by atoms with van der Waals surface area (Å²) in [6.07, 6.45) is 11.1. The van der Waals surface area contributed by atoms with Gasteiger partial charge in [0, 0.05) is 18.1 Å². The van der Waals surface area contributed by atoms with Crippen LogP contribution in [0.25, 0.3) is 0 Å². The van der Waals surface area contributed by atoms with Crippen molar-refractivity contribution in [2.45, 2.75) is 19.6 Å². The number of hydrogen-bond acceptors (Lipinski definition) is 4. The van der Waals surface area contributed by atoms with E-state index in [0.29, 0.717) is 17.9 Å². The van der Waals surface area contributed by atoms with E-state index >= 15 is 0 Å². The van der Waals surface area contributed by atoms with Crippen LogP contribution in [0.4, 0.5) is 0 Å². The Balaban J connectivity index is 2.31. The minimum absolute atomic E-state index is 0.246. The number of rotatable bonds is 4. The molecule has 1 aliphatic heterocycles. The average Bonchev–Trinajstić information content (AvgIpc) is 2.81. The first-order chi connectivity index (χ1) is 9.69. The van der Waals surface area contributed by atoms with Crippen LogP contribution in [-0.4, -0.2) is 18.4 Å². The van der Waals surface area contributed by atoms with Gasteiger partial charge in [-0.25, -0.2) is 0 Å². The normalized spacial score (nSPS) is 22.5. The van der Waals surface area contributed by atoms with E-state index in [9.17, 15) is 5.11 Å². The Labute approximate surface area is 119 Å². The molecule has 1 heterocycles. The summed E-state index contributed by atoms with van der Waals surface area (Å²) >= 11 is 0. The van der Waals surface area contributed by atoms with Crippen molar-refractivity contribution in [3.05, 3.63) is 71.6 Å². The van der Waals surface area contributed by atoms with Crippen molar-refractivity contribution in [2.24, 2.45) is 0 Å². The molecule has 0 spiro atoms. The van der Waals surface area contributed by atoms with Crippen LogP contribution in [0, 0.1) is 0 Å². The van der Waals surface area contributed by atoms with Gasteiger partial charge in [0.1, 0.15) is 0 Å². The van der Waals surface area contributed by atoms with Crippen molar-refractivity contribution < 1.29 is 14.6 Å². The molecule has 1 unspecified atom stereocenters. The average molecular weight is 273 g/mol. The summed E-state index contributed by atoms with van der Waals surface area (Å²) < 4.78 is 11.2. The number of allylic oxidation sites excluding steroid dienone is 5. The lowest BCUT2D eigenvalue weighted by Crippen LogP contribution is -2.23.